The standard InChI is InChI=1S/C19H17BrCl2N2O2/c20-16-11-15(21)12-17(22)19(16)26-13-18(25)24(9-4-8-23)10-7-14-5-2-1-3-6-14/h1-3,5-6,11-12H,4,7,9-10,13H2. The zero-order valence-electron chi connectivity index (χ0n) is 13.9. The first-order chi connectivity index (χ1) is 12.5. The van der Waals surface area contributed by atoms with Crippen LogP contribution in [0.25, 0.3) is 0 Å². The Hall–Kier alpha value is -1.74. The Bertz CT molecular complexity index is 771. The van der Waals surface area contributed by atoms with E-state index in [1.54, 1.807) is 17.0 Å². The molecule has 0 N–H and O–H groups in total. The molecule has 0 radical (unpaired) electrons. The van der Waals surface area contributed by atoms with Crippen LogP contribution in [0.2, 0.25) is 10.0 Å². The fourth-order valence-electron chi connectivity index (χ4n) is 2.35. The monoisotopic (exact) mass is 454 g/mol. The van der Waals surface area contributed by atoms with Crippen LogP contribution in [0.3, 0.4) is 0 Å². The van der Waals surface area contributed by atoms with Gasteiger partial charge in [0.25, 0.3) is 5.91 Å². The highest BCUT2D eigenvalue weighted by Gasteiger charge is 2.16. The molecule has 0 saturated carbocycles. The van der Waals surface area contributed by atoms with Crippen LogP contribution in [-0.4, -0.2) is 30.5 Å². The van der Waals surface area contributed by atoms with E-state index in [4.69, 9.17) is 33.2 Å². The lowest BCUT2D eigenvalue weighted by atomic mass is 10.1. The molecule has 26 heavy (non-hydrogen) atoms. The first kappa shape index (κ1) is 20.6. The highest BCUT2D eigenvalue weighted by atomic mass is 79.9. The molecule has 2 aromatic rings. The molecular formula is C19H17BrCl2N2O2. The highest BCUT2D eigenvalue weighted by molar-refractivity contribution is 9.10. The molecule has 0 saturated heterocycles. The SMILES string of the molecule is N#CCCN(CCc1ccccc1)C(=O)COc1c(Cl)cc(Cl)cc1Br. The molecular weight excluding hydrogens is 439 g/mol. The van der Waals surface area contributed by atoms with Crippen molar-refractivity contribution < 1.29 is 9.53 Å². The number of halogens is 3. The summed E-state index contributed by atoms with van der Waals surface area (Å²) in [7, 11) is 0. The van der Waals surface area contributed by atoms with Gasteiger partial charge in [0.1, 0.15) is 0 Å². The molecule has 0 heterocycles. The number of benzene rings is 2. The smallest absolute Gasteiger partial charge is 0.260 e. The average Bonchev–Trinajstić information content (AvgIpc) is 2.61. The lowest BCUT2D eigenvalue weighted by molar-refractivity contribution is -0.133. The zero-order chi connectivity index (χ0) is 18.9. The Labute approximate surface area is 171 Å². The molecule has 0 atom stereocenters. The number of hydrogen-bond donors (Lipinski definition) is 0. The van der Waals surface area contributed by atoms with Crippen molar-refractivity contribution >= 4 is 45.0 Å². The van der Waals surface area contributed by atoms with Crippen molar-refractivity contribution in [3.63, 3.8) is 0 Å². The summed E-state index contributed by atoms with van der Waals surface area (Å²) in [6.07, 6.45) is 0.981. The minimum absolute atomic E-state index is 0.166. The number of nitrogens with zero attached hydrogens (tertiary/aromatic N) is 2. The summed E-state index contributed by atoms with van der Waals surface area (Å²) >= 11 is 15.4. The molecule has 4 nitrogen and oxygen atoms in total. The number of carbonyl (C=O) groups excluding carboxylic acids is 1. The lowest BCUT2D eigenvalue weighted by Gasteiger charge is -2.22. The van der Waals surface area contributed by atoms with E-state index in [0.717, 1.165) is 5.56 Å². The van der Waals surface area contributed by atoms with E-state index in [1.165, 1.54) is 0 Å². The van der Waals surface area contributed by atoms with E-state index in [0.29, 0.717) is 39.8 Å². The number of ether oxygens (including phenoxy) is 1. The normalized spacial score (nSPS) is 10.2. The molecule has 0 aliphatic rings. The molecule has 0 aromatic heterocycles. The third-order valence-electron chi connectivity index (χ3n) is 3.66. The van der Waals surface area contributed by atoms with Gasteiger partial charge in [-0.2, -0.15) is 5.26 Å². The van der Waals surface area contributed by atoms with E-state index in [1.807, 2.05) is 30.3 Å². The molecule has 0 aliphatic carbocycles. The summed E-state index contributed by atoms with van der Waals surface area (Å²) in [6.45, 7) is 0.713. The van der Waals surface area contributed by atoms with E-state index in [2.05, 4.69) is 22.0 Å². The van der Waals surface area contributed by atoms with Crippen LogP contribution in [0, 0.1) is 11.3 Å². The van der Waals surface area contributed by atoms with Crippen LogP contribution in [0.1, 0.15) is 12.0 Å². The van der Waals surface area contributed by atoms with E-state index in [-0.39, 0.29) is 18.9 Å². The van der Waals surface area contributed by atoms with Crippen LogP contribution in [0.15, 0.2) is 46.9 Å². The Balaban J connectivity index is 1.99. The molecule has 1 amide bonds. The van der Waals surface area contributed by atoms with E-state index < -0.39 is 0 Å². The summed E-state index contributed by atoms with van der Waals surface area (Å²) in [4.78, 5) is 14.2. The van der Waals surface area contributed by atoms with E-state index in [9.17, 15) is 4.79 Å². The van der Waals surface area contributed by atoms with Gasteiger partial charge in [-0.25, -0.2) is 0 Å². The number of carbonyl (C=O) groups is 1. The van der Waals surface area contributed by atoms with Crippen LogP contribution in [-0.2, 0) is 11.2 Å². The predicted molar refractivity (Wildman–Crippen MR) is 107 cm³/mol. The van der Waals surface area contributed by atoms with Gasteiger partial charge in [0, 0.05) is 18.1 Å². The fraction of sp³-hybridized carbons (Fsp3) is 0.263. The molecule has 136 valence electrons. The van der Waals surface area contributed by atoms with Crippen molar-refractivity contribution in [3.8, 4) is 11.8 Å². The Morgan fingerprint density at radius 2 is 1.92 bits per heavy atom. The van der Waals surface area contributed by atoms with Crippen LogP contribution in [0.4, 0.5) is 0 Å². The topological polar surface area (TPSA) is 53.3 Å². The van der Waals surface area contributed by atoms with Gasteiger partial charge in [-0.15, -0.1) is 0 Å². The molecule has 2 aromatic carbocycles. The second kappa shape index (κ2) is 10.4. The van der Waals surface area contributed by atoms with Crippen LogP contribution < -0.4 is 4.74 Å². The quantitative estimate of drug-likeness (QED) is 0.555. The van der Waals surface area contributed by atoms with Crippen molar-refractivity contribution in [2.45, 2.75) is 12.8 Å². The summed E-state index contributed by atoms with van der Waals surface area (Å²) < 4.78 is 6.17. The minimum Gasteiger partial charge on any atom is -0.481 e. The predicted octanol–water partition coefficient (Wildman–Crippen LogP) is 5.12. The maximum absolute atomic E-state index is 12.5. The van der Waals surface area contributed by atoms with Crippen molar-refractivity contribution in [2.75, 3.05) is 19.7 Å². The Morgan fingerprint density at radius 1 is 1.19 bits per heavy atom. The third kappa shape index (κ3) is 6.21. The van der Waals surface area contributed by atoms with Crippen LogP contribution in [0.5, 0.6) is 5.75 Å². The Morgan fingerprint density at radius 3 is 2.58 bits per heavy atom. The minimum atomic E-state index is -0.200. The fourth-order valence-corrected chi connectivity index (χ4v) is 3.72. The molecule has 7 heteroatoms. The van der Waals surface area contributed by atoms with E-state index >= 15 is 0 Å². The van der Waals surface area contributed by atoms with Gasteiger partial charge in [0.05, 0.1) is 22.0 Å². The van der Waals surface area contributed by atoms with Gasteiger partial charge in [0.15, 0.2) is 12.4 Å². The molecule has 0 spiro atoms. The van der Waals surface area contributed by atoms with Gasteiger partial charge in [-0.1, -0.05) is 53.5 Å². The Kier molecular flexibility index (Phi) is 8.24. The first-order valence-electron chi connectivity index (χ1n) is 7.97. The molecule has 0 bridgehead atoms. The summed E-state index contributed by atoms with van der Waals surface area (Å²) in [6, 6.07) is 15.2. The zero-order valence-corrected chi connectivity index (χ0v) is 17.0. The lowest BCUT2D eigenvalue weighted by Crippen LogP contribution is -2.37. The van der Waals surface area contributed by atoms with Crippen molar-refractivity contribution in [1.29, 1.82) is 5.26 Å². The largest absolute Gasteiger partial charge is 0.481 e. The van der Waals surface area contributed by atoms with Gasteiger partial charge in [0.2, 0.25) is 0 Å². The number of nitriles is 1. The number of hydrogen-bond acceptors (Lipinski definition) is 3. The molecule has 0 unspecified atom stereocenters. The molecule has 0 fully saturated rings. The highest BCUT2D eigenvalue weighted by Crippen LogP contribution is 2.36. The second-order valence-corrected chi connectivity index (χ2v) is 7.21. The average molecular weight is 456 g/mol. The summed E-state index contributed by atoms with van der Waals surface area (Å²) in [5, 5.41) is 9.63. The van der Waals surface area contributed by atoms with Crippen molar-refractivity contribution in [2.24, 2.45) is 0 Å². The van der Waals surface area contributed by atoms with Gasteiger partial charge >= 0.3 is 0 Å². The van der Waals surface area contributed by atoms with Gasteiger partial charge in [-0.05, 0) is 40.0 Å². The maximum Gasteiger partial charge on any atom is 0.260 e. The molecule has 2 rings (SSSR count). The van der Waals surface area contributed by atoms with Crippen molar-refractivity contribution in [3.05, 3.63) is 62.5 Å². The summed E-state index contributed by atoms with van der Waals surface area (Å²) in [5.74, 6) is 0.168. The number of rotatable bonds is 8. The first-order valence-corrected chi connectivity index (χ1v) is 9.52. The van der Waals surface area contributed by atoms with Gasteiger partial charge in [-0.3, -0.25) is 4.79 Å². The third-order valence-corrected chi connectivity index (χ3v) is 4.75. The molecule has 0 aliphatic heterocycles. The second-order valence-electron chi connectivity index (χ2n) is 5.51. The van der Waals surface area contributed by atoms with Crippen molar-refractivity contribution in [1.82, 2.24) is 4.90 Å². The van der Waals surface area contributed by atoms with Gasteiger partial charge < -0.3 is 9.64 Å². The van der Waals surface area contributed by atoms with Crippen LogP contribution >= 0.6 is 39.1 Å². The maximum atomic E-state index is 12.5. The summed E-state index contributed by atoms with van der Waals surface area (Å²) in [5.41, 5.74) is 1.13. The number of amides is 1.